The van der Waals surface area contributed by atoms with Crippen LogP contribution >= 0.6 is 0 Å². The van der Waals surface area contributed by atoms with Crippen LogP contribution in [-0.4, -0.2) is 22.9 Å². The molecule has 1 saturated carbocycles. The smallest absolute Gasteiger partial charge is 0.257 e. The van der Waals surface area contributed by atoms with Gasteiger partial charge in [-0.15, -0.1) is 0 Å². The van der Waals surface area contributed by atoms with Gasteiger partial charge in [-0.25, -0.2) is 0 Å². The van der Waals surface area contributed by atoms with Crippen molar-refractivity contribution >= 4 is 0 Å². The first-order valence-electron chi connectivity index (χ1n) is 6.59. The van der Waals surface area contributed by atoms with Gasteiger partial charge in [-0.3, -0.25) is 0 Å². The molecule has 0 bridgehead atoms. The van der Waals surface area contributed by atoms with Crippen LogP contribution in [0.15, 0.2) is 34.9 Å². The Labute approximate surface area is 111 Å². The molecular formula is C14H17N3O2. The molecule has 5 nitrogen and oxygen atoms in total. The molecule has 1 aliphatic carbocycles. The molecule has 1 atom stereocenters. The molecular weight excluding hydrogens is 242 g/mol. The van der Waals surface area contributed by atoms with Crippen LogP contribution in [0.3, 0.4) is 0 Å². The van der Waals surface area contributed by atoms with E-state index in [9.17, 15) is 0 Å². The summed E-state index contributed by atoms with van der Waals surface area (Å²) in [6.45, 7) is 0.443. The van der Waals surface area contributed by atoms with E-state index >= 15 is 0 Å². The molecule has 2 N–H and O–H groups in total. The summed E-state index contributed by atoms with van der Waals surface area (Å²) in [7, 11) is 0. The molecule has 0 aliphatic heterocycles. The van der Waals surface area contributed by atoms with Crippen molar-refractivity contribution in [3.05, 3.63) is 36.2 Å². The Balaban J connectivity index is 1.63. The summed E-state index contributed by atoms with van der Waals surface area (Å²) in [6.07, 6.45) is 3.88. The van der Waals surface area contributed by atoms with Gasteiger partial charge in [0.05, 0.1) is 18.8 Å². The molecule has 1 aromatic heterocycles. The van der Waals surface area contributed by atoms with Crippen LogP contribution in [0, 0.1) is 0 Å². The molecule has 5 heteroatoms. The van der Waals surface area contributed by atoms with Gasteiger partial charge in [0.2, 0.25) is 0 Å². The number of nitrogens with two attached hydrogens (primary N) is 1. The zero-order valence-corrected chi connectivity index (χ0v) is 10.7. The molecule has 1 unspecified atom stereocenters. The molecule has 0 amide bonds. The topological polar surface area (TPSA) is 74.2 Å². The third-order valence-electron chi connectivity index (χ3n) is 3.36. The van der Waals surface area contributed by atoms with Crippen LogP contribution < -0.4 is 5.73 Å². The fourth-order valence-electron chi connectivity index (χ4n) is 1.94. The second-order valence-electron chi connectivity index (χ2n) is 4.82. The number of hydrogen-bond acceptors (Lipinski definition) is 5. The van der Waals surface area contributed by atoms with Crippen LogP contribution in [0.1, 0.15) is 31.1 Å². The lowest BCUT2D eigenvalue weighted by molar-refractivity contribution is -0.00549. The van der Waals surface area contributed by atoms with Crippen LogP contribution in [0.2, 0.25) is 0 Å². The molecule has 2 aromatic rings. The van der Waals surface area contributed by atoms with Crippen LogP contribution in [0.4, 0.5) is 0 Å². The Morgan fingerprint density at radius 2 is 2.11 bits per heavy atom. The summed E-state index contributed by atoms with van der Waals surface area (Å²) in [5.41, 5.74) is 6.90. The second kappa shape index (κ2) is 5.50. The predicted molar refractivity (Wildman–Crippen MR) is 70.3 cm³/mol. The van der Waals surface area contributed by atoms with Gasteiger partial charge in [0.25, 0.3) is 5.89 Å². The highest BCUT2D eigenvalue weighted by Gasteiger charge is 2.21. The molecule has 1 aliphatic rings. The van der Waals surface area contributed by atoms with E-state index in [1.54, 1.807) is 0 Å². The van der Waals surface area contributed by atoms with Crippen molar-refractivity contribution in [3.8, 4) is 11.5 Å². The molecule has 100 valence electrons. The van der Waals surface area contributed by atoms with E-state index in [-0.39, 0.29) is 6.04 Å². The summed E-state index contributed by atoms with van der Waals surface area (Å²) < 4.78 is 10.9. The predicted octanol–water partition coefficient (Wildman–Crippen LogP) is 2.31. The first-order chi connectivity index (χ1) is 9.33. The number of benzene rings is 1. The van der Waals surface area contributed by atoms with Gasteiger partial charge in [0, 0.05) is 5.56 Å². The van der Waals surface area contributed by atoms with E-state index in [1.807, 2.05) is 30.3 Å². The molecule has 1 heterocycles. The monoisotopic (exact) mass is 259 g/mol. The van der Waals surface area contributed by atoms with Crippen molar-refractivity contribution < 1.29 is 9.26 Å². The zero-order chi connectivity index (χ0) is 13.1. The normalized spacial score (nSPS) is 17.1. The molecule has 19 heavy (non-hydrogen) atoms. The van der Waals surface area contributed by atoms with Gasteiger partial charge in [-0.05, 0) is 31.4 Å². The van der Waals surface area contributed by atoms with Gasteiger partial charge in [0.15, 0.2) is 5.82 Å². The maximum atomic E-state index is 6.00. The second-order valence-corrected chi connectivity index (χ2v) is 4.82. The Morgan fingerprint density at radius 1 is 1.32 bits per heavy atom. The fourth-order valence-corrected chi connectivity index (χ4v) is 1.94. The Bertz CT molecular complexity index is 522. The van der Waals surface area contributed by atoms with Crippen molar-refractivity contribution in [1.29, 1.82) is 0 Å². The summed E-state index contributed by atoms with van der Waals surface area (Å²) in [5.74, 6) is 0.993. The van der Waals surface area contributed by atoms with Gasteiger partial charge in [-0.1, -0.05) is 23.4 Å². The Hall–Kier alpha value is -1.72. The lowest BCUT2D eigenvalue weighted by Gasteiger charge is -2.26. The maximum Gasteiger partial charge on any atom is 0.257 e. The first-order valence-corrected chi connectivity index (χ1v) is 6.59. The van der Waals surface area contributed by atoms with Gasteiger partial charge < -0.3 is 15.0 Å². The fraction of sp³-hybridized carbons (Fsp3) is 0.429. The Kier molecular flexibility index (Phi) is 3.57. The van der Waals surface area contributed by atoms with Gasteiger partial charge >= 0.3 is 0 Å². The molecule has 0 spiro atoms. The number of aromatic nitrogens is 2. The molecule has 3 rings (SSSR count). The highest BCUT2D eigenvalue weighted by Crippen LogP contribution is 2.23. The standard InChI is InChI=1S/C14H17N3O2/c15-12(9-18-11-7-4-8-11)13-16-14(19-17-13)10-5-2-1-3-6-10/h1-3,5-6,11-12H,4,7-9,15H2. The van der Waals surface area contributed by atoms with E-state index in [2.05, 4.69) is 10.1 Å². The average molecular weight is 259 g/mol. The van der Waals surface area contributed by atoms with Crippen molar-refractivity contribution in [3.63, 3.8) is 0 Å². The number of ether oxygens (including phenoxy) is 1. The largest absolute Gasteiger partial charge is 0.376 e. The molecule has 1 fully saturated rings. The third kappa shape index (κ3) is 2.83. The van der Waals surface area contributed by atoms with E-state index in [1.165, 1.54) is 6.42 Å². The average Bonchev–Trinajstić information content (AvgIpc) is 2.87. The van der Waals surface area contributed by atoms with Crippen molar-refractivity contribution in [1.82, 2.24) is 10.1 Å². The van der Waals surface area contributed by atoms with E-state index < -0.39 is 0 Å². The minimum atomic E-state index is -0.332. The molecule has 1 aromatic carbocycles. The number of nitrogens with zero attached hydrogens (tertiary/aromatic N) is 2. The van der Waals surface area contributed by atoms with E-state index in [0.29, 0.717) is 24.4 Å². The van der Waals surface area contributed by atoms with Gasteiger partial charge in [0.1, 0.15) is 0 Å². The summed E-state index contributed by atoms with van der Waals surface area (Å²) >= 11 is 0. The first kappa shape index (κ1) is 12.3. The highest BCUT2D eigenvalue weighted by atomic mass is 16.5. The summed E-state index contributed by atoms with van der Waals surface area (Å²) in [5, 5.41) is 3.92. The highest BCUT2D eigenvalue weighted by molar-refractivity contribution is 5.52. The lowest BCUT2D eigenvalue weighted by Crippen LogP contribution is -2.27. The minimum absolute atomic E-state index is 0.332. The molecule has 0 radical (unpaired) electrons. The van der Waals surface area contributed by atoms with Crippen molar-refractivity contribution in [2.24, 2.45) is 5.73 Å². The van der Waals surface area contributed by atoms with Crippen molar-refractivity contribution in [2.45, 2.75) is 31.4 Å². The SMILES string of the molecule is NC(COC1CCC1)c1noc(-c2ccccc2)n1. The number of rotatable bonds is 5. The summed E-state index contributed by atoms with van der Waals surface area (Å²) in [6, 6.07) is 9.32. The van der Waals surface area contributed by atoms with Crippen LogP contribution in [-0.2, 0) is 4.74 Å². The zero-order valence-electron chi connectivity index (χ0n) is 10.7. The van der Waals surface area contributed by atoms with E-state index in [0.717, 1.165) is 18.4 Å². The van der Waals surface area contributed by atoms with Gasteiger partial charge in [-0.2, -0.15) is 4.98 Å². The summed E-state index contributed by atoms with van der Waals surface area (Å²) in [4.78, 5) is 4.32. The quantitative estimate of drug-likeness (QED) is 0.891. The number of hydrogen-bond donors (Lipinski definition) is 1. The van der Waals surface area contributed by atoms with Crippen LogP contribution in [0.5, 0.6) is 0 Å². The lowest BCUT2D eigenvalue weighted by atomic mass is 9.96. The third-order valence-corrected chi connectivity index (χ3v) is 3.36. The Morgan fingerprint density at radius 3 is 2.79 bits per heavy atom. The minimum Gasteiger partial charge on any atom is -0.376 e. The van der Waals surface area contributed by atoms with E-state index in [4.69, 9.17) is 15.0 Å². The molecule has 0 saturated heterocycles. The van der Waals surface area contributed by atoms with Crippen molar-refractivity contribution in [2.75, 3.05) is 6.61 Å². The van der Waals surface area contributed by atoms with Crippen LogP contribution in [0.25, 0.3) is 11.5 Å². The maximum absolute atomic E-state index is 6.00.